The van der Waals surface area contributed by atoms with Gasteiger partial charge in [-0.15, -0.1) is 0 Å². The highest BCUT2D eigenvalue weighted by molar-refractivity contribution is 7.92. The molecule has 0 radical (unpaired) electrons. The number of rotatable bonds is 8. The van der Waals surface area contributed by atoms with Gasteiger partial charge in [-0.3, -0.25) is 14.8 Å². The predicted octanol–water partition coefficient (Wildman–Crippen LogP) is 3.19. The summed E-state index contributed by atoms with van der Waals surface area (Å²) in [7, 11) is -3.88. The molecule has 0 bridgehead atoms. The second kappa shape index (κ2) is 8.09. The van der Waals surface area contributed by atoms with Crippen LogP contribution in [0.5, 0.6) is 5.75 Å². The summed E-state index contributed by atoms with van der Waals surface area (Å²) in [6.45, 7) is 2.18. The van der Waals surface area contributed by atoms with Crippen LogP contribution in [0.4, 0.5) is 11.4 Å². The Hall–Kier alpha value is -3.40. The first-order chi connectivity index (χ1) is 13.4. The Labute approximate surface area is 161 Å². The Morgan fingerprint density at radius 2 is 1.82 bits per heavy atom. The number of benzene rings is 2. The standard InChI is InChI=1S/C18H18N4O5S/c1-2-14-3-7-17(8-4-14)27-13-21-12-15(11-19-21)20-28(25,26)18-9-5-16(6-10-18)22(23)24/h3-12,20H,2,13H2,1H3. The van der Waals surface area contributed by atoms with E-state index >= 15 is 0 Å². The third kappa shape index (κ3) is 4.65. The number of ether oxygens (including phenoxy) is 1. The zero-order valence-corrected chi connectivity index (χ0v) is 15.8. The fourth-order valence-electron chi connectivity index (χ4n) is 2.41. The number of hydrogen-bond acceptors (Lipinski definition) is 6. The monoisotopic (exact) mass is 402 g/mol. The molecule has 28 heavy (non-hydrogen) atoms. The van der Waals surface area contributed by atoms with Gasteiger partial charge in [-0.1, -0.05) is 19.1 Å². The summed E-state index contributed by atoms with van der Waals surface area (Å²) >= 11 is 0. The molecule has 1 heterocycles. The number of nitrogens with zero attached hydrogens (tertiary/aromatic N) is 3. The van der Waals surface area contributed by atoms with E-state index in [1.54, 1.807) is 0 Å². The van der Waals surface area contributed by atoms with Gasteiger partial charge >= 0.3 is 0 Å². The highest BCUT2D eigenvalue weighted by Gasteiger charge is 2.17. The fraction of sp³-hybridized carbons (Fsp3) is 0.167. The van der Waals surface area contributed by atoms with Crippen molar-refractivity contribution in [3.8, 4) is 5.75 Å². The van der Waals surface area contributed by atoms with Gasteiger partial charge in [-0.2, -0.15) is 5.10 Å². The van der Waals surface area contributed by atoms with Gasteiger partial charge in [0, 0.05) is 12.1 Å². The smallest absolute Gasteiger partial charge is 0.269 e. The Kier molecular flexibility index (Phi) is 5.59. The van der Waals surface area contributed by atoms with Crippen molar-refractivity contribution in [2.75, 3.05) is 4.72 Å². The highest BCUT2D eigenvalue weighted by Crippen LogP contribution is 2.19. The topological polar surface area (TPSA) is 116 Å². The molecule has 0 unspecified atom stereocenters. The van der Waals surface area contributed by atoms with E-state index in [0.717, 1.165) is 18.6 Å². The van der Waals surface area contributed by atoms with Gasteiger partial charge in [0.25, 0.3) is 15.7 Å². The third-order valence-corrected chi connectivity index (χ3v) is 5.34. The van der Waals surface area contributed by atoms with Crippen LogP contribution in [-0.4, -0.2) is 23.1 Å². The molecule has 0 atom stereocenters. The molecule has 0 aliphatic rings. The summed E-state index contributed by atoms with van der Waals surface area (Å²) in [5.74, 6) is 0.681. The molecule has 3 aromatic rings. The van der Waals surface area contributed by atoms with Gasteiger partial charge in [-0.05, 0) is 36.2 Å². The van der Waals surface area contributed by atoms with Crippen LogP contribution in [0.1, 0.15) is 12.5 Å². The van der Waals surface area contributed by atoms with Gasteiger partial charge in [0.15, 0.2) is 6.73 Å². The lowest BCUT2D eigenvalue weighted by Gasteiger charge is -2.07. The molecule has 146 valence electrons. The van der Waals surface area contributed by atoms with E-state index in [9.17, 15) is 18.5 Å². The lowest BCUT2D eigenvalue weighted by atomic mass is 10.2. The van der Waals surface area contributed by atoms with Crippen LogP contribution in [0.3, 0.4) is 0 Å². The van der Waals surface area contributed by atoms with Crippen molar-refractivity contribution in [3.05, 3.63) is 76.6 Å². The van der Waals surface area contributed by atoms with Crippen molar-refractivity contribution in [2.24, 2.45) is 0 Å². The van der Waals surface area contributed by atoms with Gasteiger partial charge in [0.1, 0.15) is 5.75 Å². The molecule has 3 rings (SSSR count). The molecule has 9 nitrogen and oxygen atoms in total. The molecule has 1 aromatic heterocycles. The summed E-state index contributed by atoms with van der Waals surface area (Å²) in [6, 6.07) is 12.3. The summed E-state index contributed by atoms with van der Waals surface area (Å²) in [5.41, 5.74) is 1.27. The van der Waals surface area contributed by atoms with E-state index in [0.29, 0.717) is 5.75 Å². The minimum atomic E-state index is -3.88. The summed E-state index contributed by atoms with van der Waals surface area (Å²) < 4.78 is 34.2. The van der Waals surface area contributed by atoms with Crippen LogP contribution in [0.25, 0.3) is 0 Å². The Balaban J connectivity index is 1.63. The molecule has 0 aliphatic heterocycles. The summed E-state index contributed by atoms with van der Waals surface area (Å²) in [6.07, 6.45) is 3.79. The van der Waals surface area contributed by atoms with Crippen molar-refractivity contribution >= 4 is 21.4 Å². The second-order valence-corrected chi connectivity index (χ2v) is 7.58. The fourth-order valence-corrected chi connectivity index (χ4v) is 3.44. The lowest BCUT2D eigenvalue weighted by molar-refractivity contribution is -0.384. The number of nitro benzene ring substituents is 1. The number of sulfonamides is 1. The molecule has 0 spiro atoms. The zero-order valence-electron chi connectivity index (χ0n) is 15.0. The molecular weight excluding hydrogens is 384 g/mol. The number of aryl methyl sites for hydroxylation is 1. The van der Waals surface area contributed by atoms with Crippen molar-refractivity contribution < 1.29 is 18.1 Å². The first-order valence-corrected chi connectivity index (χ1v) is 9.87. The molecular formula is C18H18N4O5S. The number of nitrogens with one attached hydrogen (secondary N) is 1. The van der Waals surface area contributed by atoms with E-state index < -0.39 is 14.9 Å². The van der Waals surface area contributed by atoms with Gasteiger partial charge in [-0.25, -0.2) is 13.1 Å². The van der Waals surface area contributed by atoms with Crippen LogP contribution >= 0.6 is 0 Å². The lowest BCUT2D eigenvalue weighted by Crippen LogP contribution is -2.12. The maximum absolute atomic E-state index is 12.4. The van der Waals surface area contributed by atoms with Gasteiger partial charge in [0.05, 0.1) is 27.9 Å². The Bertz CT molecular complexity index is 1060. The van der Waals surface area contributed by atoms with Crippen LogP contribution in [0.2, 0.25) is 0 Å². The molecule has 10 heteroatoms. The van der Waals surface area contributed by atoms with Crippen molar-refractivity contribution in [2.45, 2.75) is 25.0 Å². The number of non-ortho nitro benzene ring substituents is 1. The highest BCUT2D eigenvalue weighted by atomic mass is 32.2. The number of hydrogen-bond donors (Lipinski definition) is 1. The SMILES string of the molecule is CCc1ccc(OCn2cc(NS(=O)(=O)c3ccc([N+](=O)[O-])cc3)cn2)cc1. The number of anilines is 1. The molecule has 0 saturated heterocycles. The molecule has 0 fully saturated rings. The van der Waals surface area contributed by atoms with E-state index in [2.05, 4.69) is 16.7 Å². The molecule has 0 aliphatic carbocycles. The van der Waals surface area contributed by atoms with E-state index in [1.165, 1.54) is 34.8 Å². The number of nitro groups is 1. The van der Waals surface area contributed by atoms with Crippen LogP contribution in [0, 0.1) is 10.1 Å². The van der Waals surface area contributed by atoms with Crippen molar-refractivity contribution in [3.63, 3.8) is 0 Å². The molecule has 0 amide bonds. The Morgan fingerprint density at radius 1 is 1.14 bits per heavy atom. The average molecular weight is 402 g/mol. The molecule has 2 aromatic carbocycles. The zero-order chi connectivity index (χ0) is 20.1. The van der Waals surface area contributed by atoms with E-state index in [4.69, 9.17) is 4.74 Å². The molecule has 0 saturated carbocycles. The Morgan fingerprint density at radius 3 is 2.43 bits per heavy atom. The van der Waals surface area contributed by atoms with Crippen molar-refractivity contribution in [1.82, 2.24) is 9.78 Å². The van der Waals surface area contributed by atoms with Crippen LogP contribution < -0.4 is 9.46 Å². The first-order valence-electron chi connectivity index (χ1n) is 8.39. The summed E-state index contributed by atoms with van der Waals surface area (Å²) in [4.78, 5) is 9.99. The first kappa shape index (κ1) is 19.4. The van der Waals surface area contributed by atoms with Crippen LogP contribution in [-0.2, 0) is 23.2 Å². The van der Waals surface area contributed by atoms with Gasteiger partial charge in [0.2, 0.25) is 0 Å². The predicted molar refractivity (Wildman–Crippen MR) is 103 cm³/mol. The maximum atomic E-state index is 12.4. The molecule has 1 N–H and O–H groups in total. The quantitative estimate of drug-likeness (QED) is 0.457. The largest absolute Gasteiger partial charge is 0.471 e. The minimum Gasteiger partial charge on any atom is -0.471 e. The minimum absolute atomic E-state index is 0.0851. The maximum Gasteiger partial charge on any atom is 0.269 e. The second-order valence-electron chi connectivity index (χ2n) is 5.90. The average Bonchev–Trinajstić information content (AvgIpc) is 3.13. The van der Waals surface area contributed by atoms with E-state index in [1.807, 2.05) is 24.3 Å². The van der Waals surface area contributed by atoms with Gasteiger partial charge < -0.3 is 4.74 Å². The number of aromatic nitrogens is 2. The third-order valence-electron chi connectivity index (χ3n) is 3.94. The van der Waals surface area contributed by atoms with Crippen molar-refractivity contribution in [1.29, 1.82) is 0 Å². The normalized spacial score (nSPS) is 11.2. The van der Waals surface area contributed by atoms with Crippen LogP contribution in [0.15, 0.2) is 65.8 Å². The van der Waals surface area contributed by atoms with E-state index in [-0.39, 0.29) is 23.0 Å². The summed E-state index contributed by atoms with van der Waals surface area (Å²) in [5, 5.41) is 14.7.